The second-order valence-corrected chi connectivity index (χ2v) is 4.70. The van der Waals surface area contributed by atoms with Gasteiger partial charge in [-0.15, -0.1) is 0 Å². The van der Waals surface area contributed by atoms with Crippen LogP contribution in [0.1, 0.15) is 30.8 Å². The van der Waals surface area contributed by atoms with E-state index in [1.54, 1.807) is 6.21 Å². The fraction of sp³-hybridized carbons (Fsp3) is 0.364. The van der Waals surface area contributed by atoms with Crippen LogP contribution >= 0.6 is 12.2 Å². The SMILES string of the molecule is C[C@H]1C[C@@H]1c1ccc(/C=N\n2cn[nH]c2=S)o1. The number of rotatable bonds is 3. The van der Waals surface area contributed by atoms with Gasteiger partial charge in [-0.2, -0.15) is 14.9 Å². The van der Waals surface area contributed by atoms with E-state index in [-0.39, 0.29) is 0 Å². The first-order chi connectivity index (χ1) is 8.24. The van der Waals surface area contributed by atoms with Crippen LogP contribution < -0.4 is 0 Å². The number of aromatic nitrogens is 3. The summed E-state index contributed by atoms with van der Waals surface area (Å²) in [5.41, 5.74) is 0. The molecule has 0 unspecified atom stereocenters. The lowest BCUT2D eigenvalue weighted by Crippen LogP contribution is -1.87. The minimum Gasteiger partial charge on any atom is -0.460 e. The zero-order valence-electron chi connectivity index (χ0n) is 9.33. The number of aromatic amines is 1. The predicted octanol–water partition coefficient (Wildman–Crippen LogP) is 2.54. The Balaban J connectivity index is 1.77. The monoisotopic (exact) mass is 248 g/mol. The highest BCUT2D eigenvalue weighted by molar-refractivity contribution is 7.71. The molecule has 2 heterocycles. The maximum atomic E-state index is 5.69. The van der Waals surface area contributed by atoms with E-state index in [0.29, 0.717) is 10.7 Å². The van der Waals surface area contributed by atoms with E-state index in [0.717, 1.165) is 17.4 Å². The Bertz CT molecular complexity index is 609. The molecule has 5 nitrogen and oxygen atoms in total. The van der Waals surface area contributed by atoms with Gasteiger partial charge in [0, 0.05) is 5.92 Å². The Hall–Kier alpha value is -1.69. The van der Waals surface area contributed by atoms with Crippen molar-refractivity contribution in [2.45, 2.75) is 19.3 Å². The van der Waals surface area contributed by atoms with Crippen LogP contribution in [0, 0.1) is 10.7 Å². The molecule has 1 aliphatic rings. The zero-order valence-corrected chi connectivity index (χ0v) is 10.1. The maximum absolute atomic E-state index is 5.69. The van der Waals surface area contributed by atoms with Crippen molar-refractivity contribution < 1.29 is 4.42 Å². The largest absolute Gasteiger partial charge is 0.460 e. The van der Waals surface area contributed by atoms with E-state index < -0.39 is 0 Å². The van der Waals surface area contributed by atoms with Crippen molar-refractivity contribution in [2.75, 3.05) is 0 Å². The lowest BCUT2D eigenvalue weighted by Gasteiger charge is -1.90. The average molecular weight is 248 g/mol. The first-order valence-electron chi connectivity index (χ1n) is 5.50. The second kappa shape index (κ2) is 3.96. The molecular weight excluding hydrogens is 236 g/mol. The molecule has 0 spiro atoms. The summed E-state index contributed by atoms with van der Waals surface area (Å²) in [6.45, 7) is 2.23. The van der Waals surface area contributed by atoms with Gasteiger partial charge in [0.1, 0.15) is 17.8 Å². The summed E-state index contributed by atoms with van der Waals surface area (Å²) in [5.74, 6) is 3.12. The van der Waals surface area contributed by atoms with Crippen molar-refractivity contribution in [3.8, 4) is 0 Å². The number of hydrogen-bond donors (Lipinski definition) is 1. The van der Waals surface area contributed by atoms with Gasteiger partial charge in [-0.05, 0) is 36.7 Å². The van der Waals surface area contributed by atoms with Gasteiger partial charge in [0.2, 0.25) is 4.77 Å². The third kappa shape index (κ3) is 2.08. The summed E-state index contributed by atoms with van der Waals surface area (Å²) >= 11 is 4.97. The Morgan fingerprint density at radius 1 is 1.65 bits per heavy atom. The van der Waals surface area contributed by atoms with Crippen molar-refractivity contribution in [2.24, 2.45) is 11.0 Å². The van der Waals surface area contributed by atoms with E-state index in [4.69, 9.17) is 16.6 Å². The molecule has 0 radical (unpaired) electrons. The molecule has 2 aromatic rings. The molecule has 17 heavy (non-hydrogen) atoms. The summed E-state index contributed by atoms with van der Waals surface area (Å²) in [5, 5.41) is 10.6. The Kier molecular flexibility index (Phi) is 2.44. The van der Waals surface area contributed by atoms with Crippen LogP contribution in [0.25, 0.3) is 0 Å². The van der Waals surface area contributed by atoms with E-state index in [1.165, 1.54) is 17.4 Å². The van der Waals surface area contributed by atoms with E-state index in [9.17, 15) is 0 Å². The summed E-state index contributed by atoms with van der Waals surface area (Å²) in [4.78, 5) is 0. The van der Waals surface area contributed by atoms with Crippen LogP contribution in [0.2, 0.25) is 0 Å². The van der Waals surface area contributed by atoms with Crippen molar-refractivity contribution in [1.29, 1.82) is 0 Å². The predicted molar refractivity (Wildman–Crippen MR) is 65.6 cm³/mol. The lowest BCUT2D eigenvalue weighted by molar-refractivity contribution is 0.500. The quantitative estimate of drug-likeness (QED) is 0.670. The fourth-order valence-corrected chi connectivity index (χ4v) is 1.95. The lowest BCUT2D eigenvalue weighted by atomic mass is 10.3. The van der Waals surface area contributed by atoms with Gasteiger partial charge < -0.3 is 4.42 Å². The Morgan fingerprint density at radius 3 is 3.12 bits per heavy atom. The molecule has 2 aromatic heterocycles. The van der Waals surface area contributed by atoms with Gasteiger partial charge in [0.15, 0.2) is 0 Å². The number of nitrogens with zero attached hydrogens (tertiary/aromatic N) is 3. The van der Waals surface area contributed by atoms with Gasteiger partial charge in [-0.3, -0.25) is 5.10 Å². The van der Waals surface area contributed by atoms with Crippen LogP contribution in [0.4, 0.5) is 0 Å². The van der Waals surface area contributed by atoms with Gasteiger partial charge in [0.25, 0.3) is 0 Å². The first kappa shape index (κ1) is 10.5. The molecule has 2 atom stereocenters. The molecule has 0 amide bonds. The third-order valence-corrected chi connectivity index (χ3v) is 3.25. The molecule has 0 bridgehead atoms. The Morgan fingerprint density at radius 2 is 2.47 bits per heavy atom. The van der Waals surface area contributed by atoms with Crippen LogP contribution in [0.15, 0.2) is 28.0 Å². The van der Waals surface area contributed by atoms with Crippen LogP contribution in [-0.2, 0) is 0 Å². The van der Waals surface area contributed by atoms with E-state index in [1.807, 2.05) is 12.1 Å². The second-order valence-electron chi connectivity index (χ2n) is 4.31. The molecular formula is C11H12N4OS. The number of furan rings is 1. The van der Waals surface area contributed by atoms with Crippen molar-refractivity contribution in [1.82, 2.24) is 14.9 Å². The van der Waals surface area contributed by atoms with Crippen molar-refractivity contribution in [3.05, 3.63) is 34.8 Å². The highest BCUT2D eigenvalue weighted by atomic mass is 32.1. The topological polar surface area (TPSA) is 59.1 Å². The molecule has 0 saturated heterocycles. The molecule has 3 rings (SSSR count). The molecule has 6 heteroatoms. The zero-order chi connectivity index (χ0) is 11.8. The van der Waals surface area contributed by atoms with Gasteiger partial charge in [-0.25, -0.2) is 0 Å². The van der Waals surface area contributed by atoms with Crippen molar-refractivity contribution in [3.63, 3.8) is 0 Å². The highest BCUT2D eigenvalue weighted by Crippen LogP contribution is 2.47. The van der Waals surface area contributed by atoms with Crippen LogP contribution in [-0.4, -0.2) is 21.1 Å². The fourth-order valence-electron chi connectivity index (χ4n) is 1.80. The first-order valence-corrected chi connectivity index (χ1v) is 5.91. The van der Waals surface area contributed by atoms with E-state index in [2.05, 4.69) is 22.2 Å². The van der Waals surface area contributed by atoms with Gasteiger partial charge in [-0.1, -0.05) is 6.92 Å². The van der Waals surface area contributed by atoms with Gasteiger partial charge >= 0.3 is 0 Å². The summed E-state index contributed by atoms with van der Waals surface area (Å²) in [6, 6.07) is 3.94. The summed E-state index contributed by atoms with van der Waals surface area (Å²) in [7, 11) is 0. The number of nitrogens with one attached hydrogen (secondary N) is 1. The number of hydrogen-bond acceptors (Lipinski definition) is 4. The standard InChI is InChI=1S/C11H12N4OS/c1-7-4-9(7)10-3-2-8(16-10)5-13-15-6-12-14-11(15)17/h2-3,5-7,9H,4H2,1H3,(H,14,17)/b13-5-/t7-,9-/m0/s1. The van der Waals surface area contributed by atoms with Crippen LogP contribution in [0.3, 0.4) is 0 Å². The maximum Gasteiger partial charge on any atom is 0.216 e. The van der Waals surface area contributed by atoms with E-state index >= 15 is 0 Å². The van der Waals surface area contributed by atoms with Gasteiger partial charge in [0.05, 0.1) is 6.21 Å². The molecule has 1 N–H and O–H groups in total. The molecule has 88 valence electrons. The third-order valence-electron chi connectivity index (χ3n) is 2.97. The molecule has 1 saturated carbocycles. The number of H-pyrrole nitrogens is 1. The molecule has 0 aromatic carbocycles. The van der Waals surface area contributed by atoms with Crippen LogP contribution in [0.5, 0.6) is 0 Å². The smallest absolute Gasteiger partial charge is 0.216 e. The summed E-state index contributed by atoms with van der Waals surface area (Å²) in [6.07, 6.45) is 4.38. The van der Waals surface area contributed by atoms with Crippen molar-refractivity contribution >= 4 is 18.4 Å². The minimum atomic E-state index is 0.462. The minimum absolute atomic E-state index is 0.462. The average Bonchev–Trinajstić information content (AvgIpc) is 2.76. The molecule has 1 fully saturated rings. The highest BCUT2D eigenvalue weighted by Gasteiger charge is 2.36. The molecule has 0 aliphatic heterocycles. The molecule has 1 aliphatic carbocycles. The normalized spacial score (nSPS) is 23.4. The Labute approximate surface area is 103 Å². The summed E-state index contributed by atoms with van der Waals surface area (Å²) < 4.78 is 7.63.